The van der Waals surface area contributed by atoms with Crippen LogP contribution in [-0.2, 0) is 27.3 Å². The normalized spacial score (nSPS) is 11.5. The van der Waals surface area contributed by atoms with E-state index in [0.29, 0.717) is 24.6 Å². The summed E-state index contributed by atoms with van der Waals surface area (Å²) in [6.45, 7) is 3.98. The number of unbranched alkanes of at least 4 members (excludes halogenated alkanes) is 1. The highest BCUT2D eigenvalue weighted by molar-refractivity contribution is 5.90. The Morgan fingerprint density at radius 3 is 2.40 bits per heavy atom. The molecule has 0 aliphatic rings. The van der Waals surface area contributed by atoms with Crippen molar-refractivity contribution in [2.75, 3.05) is 13.1 Å². The molecule has 236 valence electrons. The minimum atomic E-state index is -1.21. The molecule has 0 radical (unpaired) electrons. The number of tetrazole rings is 1. The topological polar surface area (TPSA) is 210 Å². The van der Waals surface area contributed by atoms with Crippen LogP contribution in [0.3, 0.4) is 0 Å². The highest BCUT2D eigenvalue weighted by Crippen LogP contribution is 2.29. The lowest BCUT2D eigenvalue weighted by molar-refractivity contribution is -0.141. The Balaban J connectivity index is 1.34. The number of aromatic nitrogens is 7. The van der Waals surface area contributed by atoms with Crippen LogP contribution in [0.5, 0.6) is 0 Å². The number of nitrogens with zero attached hydrogens (tertiary/aromatic N) is 6. The van der Waals surface area contributed by atoms with Gasteiger partial charge in [-0.3, -0.25) is 14.4 Å². The van der Waals surface area contributed by atoms with Gasteiger partial charge >= 0.3 is 5.97 Å². The highest BCUT2D eigenvalue weighted by Gasteiger charge is 2.20. The van der Waals surface area contributed by atoms with E-state index in [1.165, 1.54) is 6.92 Å². The Morgan fingerprint density at radius 2 is 1.73 bits per heavy atom. The third kappa shape index (κ3) is 9.26. The first-order chi connectivity index (χ1) is 21.7. The average Bonchev–Trinajstić information content (AvgIpc) is 3.71. The Hall–Kier alpha value is -5.47. The zero-order valence-corrected chi connectivity index (χ0v) is 25.1. The maximum atomic E-state index is 12.8. The van der Waals surface area contributed by atoms with Gasteiger partial charge in [-0.15, -0.1) is 15.3 Å². The molecule has 1 atom stereocenters. The molecule has 4 aromatic rings. The predicted molar refractivity (Wildman–Crippen MR) is 163 cm³/mol. The van der Waals surface area contributed by atoms with Crippen molar-refractivity contribution in [1.29, 1.82) is 0 Å². The number of hydrogen-bond acceptors (Lipinski definition) is 9. The van der Waals surface area contributed by atoms with Crippen molar-refractivity contribution in [3.05, 3.63) is 65.7 Å². The van der Waals surface area contributed by atoms with Crippen molar-refractivity contribution in [2.45, 2.75) is 58.5 Å². The summed E-state index contributed by atoms with van der Waals surface area (Å²) in [7, 11) is 0. The number of H-pyrrole nitrogens is 1. The van der Waals surface area contributed by atoms with Crippen LogP contribution in [0.25, 0.3) is 22.5 Å². The molecular weight excluding hydrogens is 580 g/mol. The Kier molecular flexibility index (Phi) is 11.4. The van der Waals surface area contributed by atoms with Gasteiger partial charge in [0.2, 0.25) is 23.5 Å². The van der Waals surface area contributed by atoms with E-state index < -0.39 is 29.7 Å². The fourth-order valence-corrected chi connectivity index (χ4v) is 4.61. The van der Waals surface area contributed by atoms with Crippen molar-refractivity contribution in [1.82, 2.24) is 51.3 Å². The van der Waals surface area contributed by atoms with E-state index in [1.807, 2.05) is 48.5 Å². The van der Waals surface area contributed by atoms with Gasteiger partial charge in [-0.05, 0) is 34.7 Å². The molecular formula is C30H36N10O5. The van der Waals surface area contributed by atoms with E-state index in [4.69, 9.17) is 5.11 Å². The molecule has 45 heavy (non-hydrogen) atoms. The lowest BCUT2D eigenvalue weighted by Gasteiger charge is -2.13. The van der Waals surface area contributed by atoms with Crippen LogP contribution >= 0.6 is 0 Å². The third-order valence-corrected chi connectivity index (χ3v) is 6.88. The first kappa shape index (κ1) is 32.4. The minimum Gasteiger partial charge on any atom is -0.480 e. The summed E-state index contributed by atoms with van der Waals surface area (Å²) in [6, 6.07) is 14.7. The fourth-order valence-electron chi connectivity index (χ4n) is 4.61. The summed E-state index contributed by atoms with van der Waals surface area (Å²) in [5.41, 5.74) is 3.81. The van der Waals surface area contributed by atoms with Gasteiger partial charge in [0.1, 0.15) is 11.9 Å². The van der Waals surface area contributed by atoms with Gasteiger partial charge in [-0.1, -0.05) is 61.9 Å². The van der Waals surface area contributed by atoms with Gasteiger partial charge in [-0.2, -0.15) is 5.21 Å². The summed E-state index contributed by atoms with van der Waals surface area (Å²) in [5.74, 6) is -1.31. The van der Waals surface area contributed by atoms with Crippen molar-refractivity contribution < 1.29 is 24.3 Å². The molecule has 2 aromatic heterocycles. The van der Waals surface area contributed by atoms with E-state index in [9.17, 15) is 19.2 Å². The van der Waals surface area contributed by atoms with Gasteiger partial charge in [-0.25, -0.2) is 14.5 Å². The predicted octanol–water partition coefficient (Wildman–Crippen LogP) is 1.73. The van der Waals surface area contributed by atoms with Gasteiger partial charge in [0.05, 0.1) is 6.54 Å². The Labute approximate surface area is 259 Å². The number of hydrogen-bond donors (Lipinski definition) is 5. The smallest absolute Gasteiger partial charge is 0.326 e. The molecule has 2 aromatic carbocycles. The van der Waals surface area contributed by atoms with Crippen molar-refractivity contribution in [3.63, 3.8) is 0 Å². The van der Waals surface area contributed by atoms with Crippen LogP contribution < -0.4 is 16.0 Å². The first-order valence-corrected chi connectivity index (χ1v) is 14.7. The molecule has 15 nitrogen and oxygen atoms in total. The van der Waals surface area contributed by atoms with Crippen LogP contribution in [0.4, 0.5) is 0 Å². The van der Waals surface area contributed by atoms with Crippen molar-refractivity contribution >= 4 is 23.7 Å². The summed E-state index contributed by atoms with van der Waals surface area (Å²) in [6.07, 6.45) is 2.37. The molecule has 0 aliphatic heterocycles. The lowest BCUT2D eigenvalue weighted by atomic mass is 9.98. The van der Waals surface area contributed by atoms with E-state index in [2.05, 4.69) is 53.6 Å². The van der Waals surface area contributed by atoms with E-state index >= 15 is 0 Å². The quantitative estimate of drug-likeness (QED) is 0.115. The van der Waals surface area contributed by atoms with Crippen LogP contribution in [0.15, 0.2) is 48.5 Å². The minimum absolute atomic E-state index is 0.0395. The summed E-state index contributed by atoms with van der Waals surface area (Å²) >= 11 is 0. The number of aliphatic carboxylic acids is 1. The third-order valence-electron chi connectivity index (χ3n) is 6.88. The zero-order valence-electron chi connectivity index (χ0n) is 25.1. The fraction of sp³-hybridized carbons (Fsp3) is 0.367. The molecule has 3 amide bonds. The van der Waals surface area contributed by atoms with Gasteiger partial charge in [0, 0.05) is 38.4 Å². The number of carbonyl (C=O) groups excluding carboxylic acids is 3. The molecule has 0 spiro atoms. The molecule has 0 aliphatic carbocycles. The SMILES string of the molecule is CCCCc1nc(C(=O)NCCNC(=O)CCC(NC(C)=O)C(=O)O)nn1Cc1ccc(-c2ccccc2-c2nn[nH]n2)cc1. The van der Waals surface area contributed by atoms with E-state index in [1.54, 1.807) is 4.68 Å². The molecule has 0 fully saturated rings. The second-order valence-corrected chi connectivity index (χ2v) is 10.3. The molecule has 1 unspecified atom stereocenters. The highest BCUT2D eigenvalue weighted by atomic mass is 16.4. The number of carbonyl (C=O) groups is 4. The zero-order chi connectivity index (χ0) is 32.2. The van der Waals surface area contributed by atoms with Crippen LogP contribution in [0.2, 0.25) is 0 Å². The molecule has 15 heteroatoms. The summed E-state index contributed by atoms with van der Waals surface area (Å²) < 4.78 is 1.74. The Morgan fingerprint density at radius 1 is 1.00 bits per heavy atom. The second kappa shape index (κ2) is 15.8. The van der Waals surface area contributed by atoms with Gasteiger partial charge < -0.3 is 21.1 Å². The standard InChI is InChI=1S/C30H36N10O5/c1-3-4-9-25-34-28(29(43)32-17-16-31-26(42)15-14-24(30(44)45)33-19(2)41)37-40(25)18-20-10-12-21(13-11-20)22-7-5-6-8-23(22)27-35-38-39-36-27/h5-8,10-13,24H,3-4,9,14-18H2,1-2H3,(H,31,42)(H,32,43)(H,33,41)(H,44,45)(H,35,36,38,39). The number of carboxylic acid groups (broad SMARTS) is 1. The summed E-state index contributed by atoms with van der Waals surface area (Å²) in [5, 5.41) is 35.6. The van der Waals surface area contributed by atoms with Crippen LogP contribution in [-0.4, -0.2) is 83.3 Å². The largest absolute Gasteiger partial charge is 0.480 e. The van der Waals surface area contributed by atoms with Crippen molar-refractivity contribution in [2.24, 2.45) is 0 Å². The van der Waals surface area contributed by atoms with Gasteiger partial charge in [0.15, 0.2) is 0 Å². The molecule has 5 N–H and O–H groups in total. The monoisotopic (exact) mass is 616 g/mol. The second-order valence-electron chi connectivity index (χ2n) is 10.3. The maximum absolute atomic E-state index is 12.8. The lowest BCUT2D eigenvalue weighted by Crippen LogP contribution is -2.41. The van der Waals surface area contributed by atoms with E-state index in [0.717, 1.165) is 35.1 Å². The molecule has 0 saturated heterocycles. The number of benzene rings is 2. The van der Waals surface area contributed by atoms with E-state index in [-0.39, 0.29) is 31.8 Å². The number of rotatable bonds is 16. The van der Waals surface area contributed by atoms with Crippen molar-refractivity contribution in [3.8, 4) is 22.5 Å². The maximum Gasteiger partial charge on any atom is 0.326 e. The molecule has 2 heterocycles. The first-order valence-electron chi connectivity index (χ1n) is 14.7. The number of nitrogens with one attached hydrogen (secondary N) is 4. The number of carboxylic acids is 1. The Bertz CT molecular complexity index is 1600. The average molecular weight is 617 g/mol. The molecule has 4 rings (SSSR count). The number of aromatic amines is 1. The molecule has 0 bridgehead atoms. The van der Waals surface area contributed by atoms with Crippen LogP contribution in [0.1, 0.15) is 61.5 Å². The number of amides is 3. The summed E-state index contributed by atoms with van der Waals surface area (Å²) in [4.78, 5) is 51.7. The van der Waals surface area contributed by atoms with Crippen LogP contribution in [0, 0.1) is 0 Å². The molecule has 0 saturated carbocycles. The number of aryl methyl sites for hydroxylation is 1. The van der Waals surface area contributed by atoms with Gasteiger partial charge in [0.25, 0.3) is 5.91 Å².